The lowest BCUT2D eigenvalue weighted by molar-refractivity contribution is -0.133. The molecule has 0 aliphatic heterocycles. The summed E-state index contributed by atoms with van der Waals surface area (Å²) in [5.41, 5.74) is 1.09. The first-order valence-electron chi connectivity index (χ1n) is 7.50. The van der Waals surface area contributed by atoms with E-state index in [1.54, 1.807) is 12.3 Å². The second kappa shape index (κ2) is 7.11. The number of anilines is 1. The standard InChI is InChI=1S/C16H22N2O3/c1-2-12(18-15-13(19)9-6-10-17-15)14(16(20)21)11-7-4-3-5-8-11/h6,9-11,19H,2-5,7-8H2,1H3,(H,17,18)(H,20,21)/b14-12+. The Morgan fingerprint density at radius 3 is 2.67 bits per heavy atom. The number of aromatic nitrogens is 1. The van der Waals surface area contributed by atoms with Crippen molar-refractivity contribution in [2.45, 2.75) is 45.4 Å². The average Bonchev–Trinajstić information content (AvgIpc) is 2.49. The molecule has 0 bridgehead atoms. The van der Waals surface area contributed by atoms with Crippen molar-refractivity contribution in [1.29, 1.82) is 0 Å². The van der Waals surface area contributed by atoms with Crippen LogP contribution in [0.1, 0.15) is 45.4 Å². The number of nitrogens with one attached hydrogen (secondary N) is 1. The Morgan fingerprint density at radius 1 is 1.38 bits per heavy atom. The van der Waals surface area contributed by atoms with Gasteiger partial charge in [0.25, 0.3) is 0 Å². The Bertz CT molecular complexity index is 534. The first kappa shape index (κ1) is 15.4. The molecule has 0 amide bonds. The minimum atomic E-state index is -0.873. The zero-order valence-electron chi connectivity index (χ0n) is 12.3. The number of carboxylic acid groups (broad SMARTS) is 1. The molecule has 3 N–H and O–H groups in total. The highest BCUT2D eigenvalue weighted by Crippen LogP contribution is 2.33. The predicted molar refractivity (Wildman–Crippen MR) is 81.1 cm³/mol. The molecule has 5 heteroatoms. The number of rotatable bonds is 5. The monoisotopic (exact) mass is 290 g/mol. The van der Waals surface area contributed by atoms with Gasteiger partial charge in [0.2, 0.25) is 0 Å². The zero-order valence-corrected chi connectivity index (χ0v) is 12.3. The third kappa shape index (κ3) is 3.74. The van der Waals surface area contributed by atoms with E-state index >= 15 is 0 Å². The summed E-state index contributed by atoms with van der Waals surface area (Å²) in [6.45, 7) is 1.91. The summed E-state index contributed by atoms with van der Waals surface area (Å²) in [6, 6.07) is 3.17. The Morgan fingerprint density at radius 2 is 2.10 bits per heavy atom. The highest BCUT2D eigenvalue weighted by Gasteiger charge is 2.26. The van der Waals surface area contributed by atoms with Crippen molar-refractivity contribution in [1.82, 2.24) is 4.98 Å². The Kier molecular flexibility index (Phi) is 5.20. The van der Waals surface area contributed by atoms with Crippen LogP contribution in [-0.4, -0.2) is 21.2 Å². The number of allylic oxidation sites excluding steroid dienone is 1. The molecule has 1 fully saturated rings. The smallest absolute Gasteiger partial charge is 0.333 e. The van der Waals surface area contributed by atoms with E-state index in [0.717, 1.165) is 25.7 Å². The maximum atomic E-state index is 11.7. The van der Waals surface area contributed by atoms with Crippen molar-refractivity contribution in [3.8, 4) is 5.75 Å². The van der Waals surface area contributed by atoms with Gasteiger partial charge in [-0.25, -0.2) is 9.78 Å². The van der Waals surface area contributed by atoms with Crippen LogP contribution in [0.5, 0.6) is 5.75 Å². The highest BCUT2D eigenvalue weighted by atomic mass is 16.4. The number of hydrogen-bond donors (Lipinski definition) is 3. The summed E-state index contributed by atoms with van der Waals surface area (Å²) in [6.07, 6.45) is 7.30. The SMILES string of the molecule is CC/C(Nc1ncccc1O)=C(\C(=O)O)C1CCCCC1. The molecular formula is C16H22N2O3. The quantitative estimate of drug-likeness (QED) is 0.723. The maximum absolute atomic E-state index is 11.7. The molecule has 0 spiro atoms. The van der Waals surface area contributed by atoms with E-state index in [-0.39, 0.29) is 11.7 Å². The normalized spacial score (nSPS) is 17.2. The summed E-state index contributed by atoms with van der Waals surface area (Å²) >= 11 is 0. The van der Waals surface area contributed by atoms with Crippen LogP contribution in [-0.2, 0) is 4.79 Å². The van der Waals surface area contributed by atoms with Crippen molar-refractivity contribution < 1.29 is 15.0 Å². The van der Waals surface area contributed by atoms with E-state index in [2.05, 4.69) is 10.3 Å². The molecule has 0 aromatic carbocycles. The number of carboxylic acids is 1. The van der Waals surface area contributed by atoms with Crippen LogP contribution in [0.25, 0.3) is 0 Å². The van der Waals surface area contributed by atoms with Gasteiger partial charge in [0, 0.05) is 11.9 Å². The van der Waals surface area contributed by atoms with Gasteiger partial charge in [-0.05, 0) is 37.3 Å². The van der Waals surface area contributed by atoms with Crippen LogP contribution in [0.3, 0.4) is 0 Å². The molecule has 1 aromatic rings. The van der Waals surface area contributed by atoms with E-state index in [1.165, 1.54) is 12.5 Å². The van der Waals surface area contributed by atoms with Gasteiger partial charge in [0.15, 0.2) is 11.6 Å². The molecule has 1 aromatic heterocycles. The molecule has 2 rings (SSSR count). The summed E-state index contributed by atoms with van der Waals surface area (Å²) in [4.78, 5) is 15.8. The molecule has 1 saturated carbocycles. The van der Waals surface area contributed by atoms with Gasteiger partial charge in [-0.1, -0.05) is 26.2 Å². The van der Waals surface area contributed by atoms with E-state index in [0.29, 0.717) is 23.5 Å². The van der Waals surface area contributed by atoms with Crippen LogP contribution in [0.2, 0.25) is 0 Å². The number of carbonyl (C=O) groups is 1. The summed E-state index contributed by atoms with van der Waals surface area (Å²) in [7, 11) is 0. The Hall–Kier alpha value is -2.04. The Labute approximate surface area is 124 Å². The molecule has 0 unspecified atom stereocenters. The average molecular weight is 290 g/mol. The molecule has 21 heavy (non-hydrogen) atoms. The van der Waals surface area contributed by atoms with Crippen molar-refractivity contribution in [3.63, 3.8) is 0 Å². The van der Waals surface area contributed by atoms with Gasteiger partial charge >= 0.3 is 5.97 Å². The number of aromatic hydroxyl groups is 1. The van der Waals surface area contributed by atoms with Crippen LogP contribution in [0, 0.1) is 5.92 Å². The first-order chi connectivity index (χ1) is 10.1. The van der Waals surface area contributed by atoms with Crippen molar-refractivity contribution in [2.24, 2.45) is 5.92 Å². The van der Waals surface area contributed by atoms with Crippen LogP contribution >= 0.6 is 0 Å². The fourth-order valence-corrected chi connectivity index (χ4v) is 2.92. The van der Waals surface area contributed by atoms with Crippen molar-refractivity contribution >= 4 is 11.8 Å². The van der Waals surface area contributed by atoms with E-state index in [1.807, 2.05) is 6.92 Å². The van der Waals surface area contributed by atoms with Crippen LogP contribution < -0.4 is 5.32 Å². The van der Waals surface area contributed by atoms with Gasteiger partial charge in [-0.2, -0.15) is 0 Å². The first-order valence-corrected chi connectivity index (χ1v) is 7.50. The zero-order chi connectivity index (χ0) is 15.2. The lowest BCUT2D eigenvalue weighted by Gasteiger charge is -2.25. The maximum Gasteiger partial charge on any atom is 0.333 e. The minimum Gasteiger partial charge on any atom is -0.504 e. The highest BCUT2D eigenvalue weighted by molar-refractivity contribution is 5.89. The second-order valence-corrected chi connectivity index (χ2v) is 5.38. The lowest BCUT2D eigenvalue weighted by Crippen LogP contribution is -2.20. The van der Waals surface area contributed by atoms with E-state index < -0.39 is 5.97 Å². The molecule has 5 nitrogen and oxygen atoms in total. The fraction of sp³-hybridized carbons (Fsp3) is 0.500. The number of hydrogen-bond acceptors (Lipinski definition) is 4. The Balaban J connectivity index is 2.32. The number of nitrogens with zero attached hydrogens (tertiary/aromatic N) is 1. The lowest BCUT2D eigenvalue weighted by atomic mass is 9.82. The van der Waals surface area contributed by atoms with Crippen LogP contribution in [0.4, 0.5) is 5.82 Å². The molecule has 0 atom stereocenters. The third-order valence-corrected chi connectivity index (χ3v) is 3.98. The second-order valence-electron chi connectivity index (χ2n) is 5.38. The van der Waals surface area contributed by atoms with Gasteiger partial charge in [0.05, 0.1) is 5.57 Å². The van der Waals surface area contributed by atoms with Gasteiger partial charge in [-0.15, -0.1) is 0 Å². The molecule has 1 heterocycles. The van der Waals surface area contributed by atoms with Gasteiger partial charge < -0.3 is 15.5 Å². The summed E-state index contributed by atoms with van der Waals surface area (Å²) in [5.74, 6) is -0.452. The third-order valence-electron chi connectivity index (χ3n) is 3.98. The minimum absolute atomic E-state index is 0.0248. The van der Waals surface area contributed by atoms with E-state index in [9.17, 15) is 15.0 Å². The van der Waals surface area contributed by atoms with Crippen molar-refractivity contribution in [2.75, 3.05) is 5.32 Å². The molecule has 0 saturated heterocycles. The summed E-state index contributed by atoms with van der Waals surface area (Å²) in [5, 5.41) is 22.4. The largest absolute Gasteiger partial charge is 0.504 e. The summed E-state index contributed by atoms with van der Waals surface area (Å²) < 4.78 is 0. The predicted octanol–water partition coefficient (Wildman–Crippen LogP) is 3.53. The molecule has 114 valence electrons. The fourth-order valence-electron chi connectivity index (χ4n) is 2.92. The number of pyridine rings is 1. The molecule has 1 aliphatic carbocycles. The number of aliphatic carboxylic acids is 1. The van der Waals surface area contributed by atoms with Crippen LogP contribution in [0.15, 0.2) is 29.6 Å². The van der Waals surface area contributed by atoms with Gasteiger partial charge in [0.1, 0.15) is 0 Å². The molecule has 1 aliphatic rings. The topological polar surface area (TPSA) is 82.5 Å². The van der Waals surface area contributed by atoms with E-state index in [4.69, 9.17) is 0 Å². The molecule has 0 radical (unpaired) electrons. The van der Waals surface area contributed by atoms with Gasteiger partial charge in [-0.3, -0.25) is 0 Å². The molecular weight excluding hydrogens is 268 g/mol. The van der Waals surface area contributed by atoms with Crippen molar-refractivity contribution in [3.05, 3.63) is 29.6 Å².